The first-order chi connectivity index (χ1) is 9.95. The molecular weight excluding hydrogens is 289 g/mol. The van der Waals surface area contributed by atoms with Gasteiger partial charge in [-0.05, 0) is 67.1 Å². The number of hydrogen-bond acceptors (Lipinski definition) is 2. The van der Waals surface area contributed by atoms with Crippen LogP contribution in [0, 0.1) is 12.7 Å². The normalized spacial score (nSPS) is 14.0. The molecule has 1 aliphatic rings. The minimum absolute atomic E-state index is 0.0181. The molecule has 3 nitrogen and oxygen atoms in total. The average molecular weight is 305 g/mol. The molecular formula is C16H16FNO2S. The van der Waals surface area contributed by atoms with Gasteiger partial charge in [0.05, 0.1) is 10.6 Å². The number of hydrogen-bond donors (Lipinski definition) is 1. The Labute approximate surface area is 123 Å². The zero-order chi connectivity index (χ0) is 15.0. The van der Waals surface area contributed by atoms with Crippen molar-refractivity contribution in [3.8, 4) is 0 Å². The maximum atomic E-state index is 13.7. The Hall–Kier alpha value is -1.88. The van der Waals surface area contributed by atoms with Crippen LogP contribution >= 0.6 is 0 Å². The number of nitrogens with one attached hydrogen (secondary N) is 1. The fourth-order valence-corrected chi connectivity index (χ4v) is 3.74. The van der Waals surface area contributed by atoms with Gasteiger partial charge in [0.25, 0.3) is 10.0 Å². The summed E-state index contributed by atoms with van der Waals surface area (Å²) >= 11 is 0. The predicted octanol–water partition coefficient (Wildman–Crippen LogP) is 3.42. The quantitative estimate of drug-likeness (QED) is 0.944. The molecule has 0 aliphatic heterocycles. The number of rotatable bonds is 3. The van der Waals surface area contributed by atoms with Crippen molar-refractivity contribution in [1.29, 1.82) is 0 Å². The first-order valence-electron chi connectivity index (χ1n) is 6.86. The van der Waals surface area contributed by atoms with Gasteiger partial charge in [0.15, 0.2) is 0 Å². The largest absolute Gasteiger partial charge is 0.277 e. The first-order valence-corrected chi connectivity index (χ1v) is 8.35. The van der Waals surface area contributed by atoms with Gasteiger partial charge in [-0.2, -0.15) is 0 Å². The molecule has 2 aromatic carbocycles. The Balaban J connectivity index is 1.95. The minimum Gasteiger partial charge on any atom is -0.277 e. The van der Waals surface area contributed by atoms with Crippen LogP contribution in [0.4, 0.5) is 10.1 Å². The molecule has 0 saturated carbocycles. The lowest BCUT2D eigenvalue weighted by Crippen LogP contribution is -2.14. The van der Waals surface area contributed by atoms with E-state index in [-0.39, 0.29) is 10.6 Å². The molecule has 0 saturated heterocycles. The van der Waals surface area contributed by atoms with Gasteiger partial charge in [0.1, 0.15) is 5.82 Å². The average Bonchev–Trinajstić information content (AvgIpc) is 2.90. The molecule has 0 unspecified atom stereocenters. The fourth-order valence-electron chi connectivity index (χ4n) is 2.64. The molecule has 1 aliphatic carbocycles. The van der Waals surface area contributed by atoms with Crippen LogP contribution in [-0.4, -0.2) is 8.42 Å². The van der Waals surface area contributed by atoms with Crippen LogP contribution in [0.1, 0.15) is 23.1 Å². The molecule has 0 fully saturated rings. The molecule has 0 radical (unpaired) electrons. The van der Waals surface area contributed by atoms with Crippen LogP contribution in [0.3, 0.4) is 0 Å². The Kier molecular flexibility index (Phi) is 3.45. The van der Waals surface area contributed by atoms with E-state index in [0.29, 0.717) is 0 Å². The second-order valence-electron chi connectivity index (χ2n) is 5.37. The maximum Gasteiger partial charge on any atom is 0.261 e. The second-order valence-corrected chi connectivity index (χ2v) is 7.06. The smallest absolute Gasteiger partial charge is 0.261 e. The Morgan fingerprint density at radius 3 is 2.62 bits per heavy atom. The first kappa shape index (κ1) is 14.1. The van der Waals surface area contributed by atoms with Crippen LogP contribution in [0.25, 0.3) is 0 Å². The van der Waals surface area contributed by atoms with Crippen molar-refractivity contribution < 1.29 is 12.8 Å². The molecule has 3 rings (SSSR count). The number of benzene rings is 2. The molecule has 0 amide bonds. The Bertz CT molecular complexity index is 800. The third-order valence-electron chi connectivity index (χ3n) is 3.75. The van der Waals surface area contributed by atoms with Crippen LogP contribution in [-0.2, 0) is 22.9 Å². The zero-order valence-electron chi connectivity index (χ0n) is 11.7. The van der Waals surface area contributed by atoms with Crippen LogP contribution in [0.15, 0.2) is 41.3 Å². The lowest BCUT2D eigenvalue weighted by atomic mass is 10.1. The third kappa shape index (κ3) is 2.78. The highest BCUT2D eigenvalue weighted by Crippen LogP contribution is 2.26. The molecule has 0 aromatic heterocycles. The van der Waals surface area contributed by atoms with Crippen LogP contribution in [0.2, 0.25) is 0 Å². The molecule has 5 heteroatoms. The molecule has 1 N–H and O–H groups in total. The van der Waals surface area contributed by atoms with Gasteiger partial charge in [0, 0.05) is 0 Å². The topological polar surface area (TPSA) is 46.2 Å². The van der Waals surface area contributed by atoms with E-state index < -0.39 is 15.8 Å². The summed E-state index contributed by atoms with van der Waals surface area (Å²) in [5.41, 5.74) is 3.05. The molecule has 2 aromatic rings. The minimum atomic E-state index is -3.76. The van der Waals surface area contributed by atoms with E-state index in [0.717, 1.165) is 30.4 Å². The molecule has 0 bridgehead atoms. The number of sulfonamides is 1. The van der Waals surface area contributed by atoms with Crippen molar-refractivity contribution in [2.45, 2.75) is 31.1 Å². The summed E-state index contributed by atoms with van der Waals surface area (Å²) in [5.74, 6) is -0.578. The SMILES string of the molecule is Cc1ccc(F)c(NS(=O)(=O)c2ccc3c(c2)CCC3)c1. The van der Waals surface area contributed by atoms with E-state index in [4.69, 9.17) is 0 Å². The van der Waals surface area contributed by atoms with Crippen LogP contribution in [0.5, 0.6) is 0 Å². The van der Waals surface area contributed by atoms with Crippen molar-refractivity contribution in [2.75, 3.05) is 4.72 Å². The summed E-state index contributed by atoms with van der Waals surface area (Å²) in [6, 6.07) is 9.47. The summed E-state index contributed by atoms with van der Waals surface area (Å²) in [4.78, 5) is 0.184. The van der Waals surface area contributed by atoms with Gasteiger partial charge in [-0.15, -0.1) is 0 Å². The molecule has 0 spiro atoms. The number of fused-ring (bicyclic) bond motifs is 1. The lowest BCUT2D eigenvalue weighted by molar-refractivity contribution is 0.598. The van der Waals surface area contributed by atoms with Gasteiger partial charge in [-0.25, -0.2) is 12.8 Å². The number of halogens is 1. The van der Waals surface area contributed by atoms with Gasteiger partial charge in [0.2, 0.25) is 0 Å². The van der Waals surface area contributed by atoms with E-state index in [1.165, 1.54) is 17.7 Å². The van der Waals surface area contributed by atoms with Crippen molar-refractivity contribution in [1.82, 2.24) is 0 Å². The van der Waals surface area contributed by atoms with Crippen molar-refractivity contribution in [3.05, 3.63) is 58.9 Å². The highest BCUT2D eigenvalue weighted by atomic mass is 32.2. The van der Waals surface area contributed by atoms with Gasteiger partial charge >= 0.3 is 0 Å². The Morgan fingerprint density at radius 2 is 1.81 bits per heavy atom. The van der Waals surface area contributed by atoms with Crippen molar-refractivity contribution in [2.24, 2.45) is 0 Å². The van der Waals surface area contributed by atoms with Crippen molar-refractivity contribution in [3.63, 3.8) is 0 Å². The van der Waals surface area contributed by atoms with E-state index in [9.17, 15) is 12.8 Å². The van der Waals surface area contributed by atoms with E-state index in [2.05, 4.69) is 4.72 Å². The third-order valence-corrected chi connectivity index (χ3v) is 5.11. The second kappa shape index (κ2) is 5.15. The standard InChI is InChI=1S/C16H16FNO2S/c1-11-5-8-15(17)16(9-11)18-21(19,20)14-7-6-12-3-2-4-13(12)10-14/h5-10,18H,2-4H2,1H3. The monoisotopic (exact) mass is 305 g/mol. The van der Waals surface area contributed by atoms with Gasteiger partial charge in [-0.1, -0.05) is 12.1 Å². The summed E-state index contributed by atoms with van der Waals surface area (Å²) < 4.78 is 40.8. The van der Waals surface area contributed by atoms with E-state index >= 15 is 0 Å². The highest BCUT2D eigenvalue weighted by Gasteiger charge is 2.19. The summed E-state index contributed by atoms with van der Waals surface area (Å²) in [6.07, 6.45) is 2.95. The highest BCUT2D eigenvalue weighted by molar-refractivity contribution is 7.92. The molecule has 0 atom stereocenters. The molecule has 21 heavy (non-hydrogen) atoms. The molecule has 110 valence electrons. The zero-order valence-corrected chi connectivity index (χ0v) is 12.5. The van der Waals surface area contributed by atoms with E-state index in [1.807, 2.05) is 6.07 Å². The van der Waals surface area contributed by atoms with Gasteiger partial charge in [-0.3, -0.25) is 4.72 Å². The summed E-state index contributed by atoms with van der Waals surface area (Å²) in [7, 11) is -3.76. The summed E-state index contributed by atoms with van der Waals surface area (Å²) in [6.45, 7) is 1.78. The molecule has 0 heterocycles. The summed E-state index contributed by atoms with van der Waals surface area (Å²) in [5, 5.41) is 0. The number of aryl methyl sites for hydroxylation is 3. The maximum absolute atomic E-state index is 13.7. The van der Waals surface area contributed by atoms with Crippen LogP contribution < -0.4 is 4.72 Å². The lowest BCUT2D eigenvalue weighted by Gasteiger charge is -2.11. The fraction of sp³-hybridized carbons (Fsp3) is 0.250. The number of anilines is 1. The van der Waals surface area contributed by atoms with Gasteiger partial charge < -0.3 is 0 Å². The van der Waals surface area contributed by atoms with Crippen molar-refractivity contribution >= 4 is 15.7 Å². The predicted molar refractivity (Wildman–Crippen MR) is 80.4 cm³/mol. The Morgan fingerprint density at radius 1 is 1.05 bits per heavy atom. The van der Waals surface area contributed by atoms with E-state index in [1.54, 1.807) is 25.1 Å².